The maximum absolute atomic E-state index is 14.3. The zero-order chi connectivity index (χ0) is 22.9. The molecular formula is C25H36O6. The predicted octanol–water partition coefficient (Wildman–Crippen LogP) is 2.56. The molecule has 0 amide bonds. The first-order valence-corrected chi connectivity index (χ1v) is 11.5. The van der Waals surface area contributed by atoms with Crippen LogP contribution in [0.15, 0.2) is 23.3 Å². The Bertz CT molecular complexity index is 856. The van der Waals surface area contributed by atoms with Crippen molar-refractivity contribution in [3.05, 3.63) is 23.3 Å². The third-order valence-corrected chi connectivity index (χ3v) is 8.83. The summed E-state index contributed by atoms with van der Waals surface area (Å²) in [5.74, 6) is -0.543. The van der Waals surface area contributed by atoms with Crippen LogP contribution in [0.5, 0.6) is 0 Å². The van der Waals surface area contributed by atoms with Gasteiger partial charge in [0.15, 0.2) is 11.7 Å². The Labute approximate surface area is 184 Å². The summed E-state index contributed by atoms with van der Waals surface area (Å²) in [7, 11) is 0. The van der Waals surface area contributed by atoms with Crippen LogP contribution in [0.2, 0.25) is 0 Å². The molecule has 2 saturated carbocycles. The highest BCUT2D eigenvalue weighted by Gasteiger charge is 2.73. The third-order valence-electron chi connectivity index (χ3n) is 8.83. The molecule has 4 rings (SSSR count). The highest BCUT2D eigenvalue weighted by molar-refractivity contribution is 5.93. The Hall–Kier alpha value is -1.50. The molecule has 0 aliphatic heterocycles. The molecule has 0 aromatic heterocycles. The molecule has 2 fully saturated rings. The highest BCUT2D eigenvalue weighted by atomic mass is 16.6. The molecule has 1 spiro atoms. The summed E-state index contributed by atoms with van der Waals surface area (Å²) in [6.45, 7) is 9.25. The van der Waals surface area contributed by atoms with Crippen molar-refractivity contribution in [1.29, 1.82) is 0 Å². The number of carbonyl (C=O) groups excluding carboxylic acids is 2. The topological polar surface area (TPSA) is 104 Å². The number of esters is 1. The van der Waals surface area contributed by atoms with Crippen LogP contribution in [0.3, 0.4) is 0 Å². The molecule has 0 aromatic carbocycles. The molecule has 2 bridgehead atoms. The SMILES string of the molecule is CC(=O)OC1C(C)=CC23C(=O)C(CC=C(CCO)C(O)C12O)C1C(C[C@H]3C)CC1(C)C. The van der Waals surface area contributed by atoms with E-state index in [-0.39, 0.29) is 42.0 Å². The fraction of sp³-hybridized carbons (Fsp3) is 0.760. The average Bonchev–Trinajstić information content (AvgIpc) is 2.85. The first-order valence-electron chi connectivity index (χ1n) is 11.5. The Morgan fingerprint density at radius 2 is 2.00 bits per heavy atom. The van der Waals surface area contributed by atoms with Gasteiger partial charge >= 0.3 is 5.97 Å². The fourth-order valence-electron chi connectivity index (χ4n) is 7.80. The molecule has 0 saturated heterocycles. The summed E-state index contributed by atoms with van der Waals surface area (Å²) in [4.78, 5) is 26.3. The molecule has 4 aliphatic rings. The van der Waals surface area contributed by atoms with Gasteiger partial charge in [0, 0.05) is 19.4 Å². The number of ketones is 1. The number of Topliss-reactive ketones (excluding diaryl/α,β-unsaturated/α-hetero) is 1. The quantitative estimate of drug-likeness (QED) is 0.468. The van der Waals surface area contributed by atoms with Crippen LogP contribution in [0.1, 0.15) is 60.3 Å². The van der Waals surface area contributed by atoms with Crippen molar-refractivity contribution in [1.82, 2.24) is 0 Å². The third kappa shape index (κ3) is 2.87. The lowest BCUT2D eigenvalue weighted by molar-refractivity contribution is -0.204. The second-order valence-corrected chi connectivity index (χ2v) is 11.0. The van der Waals surface area contributed by atoms with E-state index in [1.807, 2.05) is 13.0 Å². The van der Waals surface area contributed by atoms with E-state index in [9.17, 15) is 24.9 Å². The summed E-state index contributed by atoms with van der Waals surface area (Å²) in [5.41, 5.74) is -2.22. The average molecular weight is 433 g/mol. The van der Waals surface area contributed by atoms with Gasteiger partial charge in [0.1, 0.15) is 11.9 Å². The van der Waals surface area contributed by atoms with Gasteiger partial charge in [-0.1, -0.05) is 32.9 Å². The van der Waals surface area contributed by atoms with Crippen molar-refractivity contribution in [2.45, 2.75) is 78.1 Å². The molecule has 0 aromatic rings. The van der Waals surface area contributed by atoms with Crippen LogP contribution in [-0.2, 0) is 14.3 Å². The zero-order valence-electron chi connectivity index (χ0n) is 19.2. The summed E-state index contributed by atoms with van der Waals surface area (Å²) >= 11 is 0. The molecule has 8 atom stereocenters. The van der Waals surface area contributed by atoms with E-state index in [1.54, 1.807) is 13.0 Å². The minimum absolute atomic E-state index is 0.0316. The van der Waals surface area contributed by atoms with Crippen LogP contribution >= 0.6 is 0 Å². The lowest BCUT2D eigenvalue weighted by Crippen LogP contribution is -2.67. The van der Waals surface area contributed by atoms with Crippen molar-refractivity contribution >= 4 is 11.8 Å². The second-order valence-electron chi connectivity index (χ2n) is 11.0. The number of aliphatic hydroxyl groups excluding tert-OH is 2. The summed E-state index contributed by atoms with van der Waals surface area (Å²) in [5, 5.41) is 33.5. The number of hydrogen-bond acceptors (Lipinski definition) is 6. The van der Waals surface area contributed by atoms with Gasteiger partial charge in [0.2, 0.25) is 0 Å². The molecule has 0 radical (unpaired) electrons. The summed E-state index contributed by atoms with van der Waals surface area (Å²) < 4.78 is 5.56. The minimum atomic E-state index is -2.01. The summed E-state index contributed by atoms with van der Waals surface area (Å²) in [6.07, 6.45) is 3.59. The number of allylic oxidation sites excluding steroid dienone is 1. The molecule has 172 valence electrons. The number of ether oxygens (including phenoxy) is 1. The van der Waals surface area contributed by atoms with E-state index in [0.717, 1.165) is 12.8 Å². The predicted molar refractivity (Wildman–Crippen MR) is 115 cm³/mol. The van der Waals surface area contributed by atoms with Crippen LogP contribution in [0, 0.1) is 34.5 Å². The molecule has 7 unspecified atom stereocenters. The van der Waals surface area contributed by atoms with Crippen molar-refractivity contribution in [2.75, 3.05) is 6.61 Å². The van der Waals surface area contributed by atoms with Gasteiger partial charge in [0.25, 0.3) is 0 Å². The molecular weight excluding hydrogens is 396 g/mol. The monoisotopic (exact) mass is 432 g/mol. The van der Waals surface area contributed by atoms with Crippen LogP contribution in [0.4, 0.5) is 0 Å². The normalized spacial score (nSPS) is 45.7. The van der Waals surface area contributed by atoms with Crippen molar-refractivity contribution in [3.8, 4) is 0 Å². The van der Waals surface area contributed by atoms with E-state index in [2.05, 4.69) is 13.8 Å². The van der Waals surface area contributed by atoms with Gasteiger partial charge in [-0.15, -0.1) is 0 Å². The molecule has 3 N–H and O–H groups in total. The van der Waals surface area contributed by atoms with Gasteiger partial charge in [-0.25, -0.2) is 0 Å². The molecule has 4 aliphatic carbocycles. The Balaban J connectivity index is 1.97. The lowest BCUT2D eigenvalue weighted by Gasteiger charge is -2.54. The molecule has 31 heavy (non-hydrogen) atoms. The van der Waals surface area contributed by atoms with Crippen molar-refractivity contribution in [3.63, 3.8) is 0 Å². The second kappa shape index (κ2) is 7.26. The van der Waals surface area contributed by atoms with Gasteiger partial charge in [-0.05, 0) is 66.9 Å². The number of fused-ring (bicyclic) bond motifs is 3. The minimum Gasteiger partial charge on any atom is -0.455 e. The van der Waals surface area contributed by atoms with E-state index < -0.39 is 29.2 Å². The first kappa shape index (κ1) is 22.7. The van der Waals surface area contributed by atoms with Crippen LogP contribution < -0.4 is 0 Å². The van der Waals surface area contributed by atoms with Crippen LogP contribution in [-0.4, -0.2) is 51.5 Å². The maximum Gasteiger partial charge on any atom is 0.303 e. The number of aliphatic hydroxyl groups is 3. The number of rotatable bonds is 3. The zero-order valence-corrected chi connectivity index (χ0v) is 19.2. The molecule has 6 heteroatoms. The van der Waals surface area contributed by atoms with Crippen molar-refractivity contribution in [2.24, 2.45) is 34.5 Å². The van der Waals surface area contributed by atoms with E-state index in [4.69, 9.17) is 4.74 Å². The Morgan fingerprint density at radius 1 is 1.32 bits per heavy atom. The van der Waals surface area contributed by atoms with Gasteiger partial charge in [-0.2, -0.15) is 0 Å². The van der Waals surface area contributed by atoms with Crippen molar-refractivity contribution < 1.29 is 29.6 Å². The maximum atomic E-state index is 14.3. The number of carbonyl (C=O) groups is 2. The largest absolute Gasteiger partial charge is 0.455 e. The Morgan fingerprint density at radius 3 is 2.58 bits per heavy atom. The lowest BCUT2D eigenvalue weighted by atomic mass is 9.50. The van der Waals surface area contributed by atoms with E-state index in [1.165, 1.54) is 6.92 Å². The smallest absolute Gasteiger partial charge is 0.303 e. The number of hydrogen-bond donors (Lipinski definition) is 3. The van der Waals surface area contributed by atoms with Gasteiger partial charge < -0.3 is 20.1 Å². The van der Waals surface area contributed by atoms with Gasteiger partial charge in [-0.3, -0.25) is 9.59 Å². The molecule has 6 nitrogen and oxygen atoms in total. The van der Waals surface area contributed by atoms with E-state index in [0.29, 0.717) is 23.5 Å². The van der Waals surface area contributed by atoms with Crippen LogP contribution in [0.25, 0.3) is 0 Å². The van der Waals surface area contributed by atoms with Gasteiger partial charge in [0.05, 0.1) is 5.41 Å². The summed E-state index contributed by atoms with van der Waals surface area (Å²) in [6, 6.07) is 0. The van der Waals surface area contributed by atoms with E-state index >= 15 is 0 Å². The standard InChI is InChI=1S/C25H36O6/c1-13-11-24-14(2)10-17-12-23(4,5)19(17)18(21(24)29)7-6-16(8-9-26)20(28)25(24,30)22(13)31-15(3)27/h6,11,14,17-20,22,26,28,30H,7-10,12H2,1-5H3/t14-,17?,18?,19?,20?,22?,24?,25?/m1/s1. The Kier molecular flexibility index (Phi) is 5.31. The first-order chi connectivity index (χ1) is 14.4. The molecule has 0 heterocycles. The highest BCUT2D eigenvalue weighted by Crippen LogP contribution is 2.66. The fourth-order valence-corrected chi connectivity index (χ4v) is 7.80.